The van der Waals surface area contributed by atoms with Gasteiger partial charge in [0.05, 0.1) is 4.88 Å². The minimum absolute atomic E-state index is 0.0192. The summed E-state index contributed by atoms with van der Waals surface area (Å²) >= 11 is 1.38. The number of rotatable bonds is 3. The van der Waals surface area contributed by atoms with Crippen molar-refractivity contribution in [2.24, 2.45) is 0 Å². The van der Waals surface area contributed by atoms with E-state index in [2.05, 4.69) is 4.98 Å². The Morgan fingerprint density at radius 1 is 1.08 bits per heavy atom. The summed E-state index contributed by atoms with van der Waals surface area (Å²) in [5.41, 5.74) is 1.33. The van der Waals surface area contributed by atoms with Crippen LogP contribution in [0.25, 0.3) is 26.7 Å². The summed E-state index contributed by atoms with van der Waals surface area (Å²) < 4.78 is 29.1. The van der Waals surface area contributed by atoms with E-state index in [0.29, 0.717) is 11.2 Å². The van der Waals surface area contributed by atoms with Crippen LogP contribution in [0.5, 0.6) is 0 Å². The van der Waals surface area contributed by atoms with Gasteiger partial charge in [0.2, 0.25) is 0 Å². The molecule has 0 radical (unpaired) electrons. The number of hydrogen-bond acceptors (Lipinski definition) is 3. The van der Waals surface area contributed by atoms with E-state index < -0.39 is 11.6 Å². The minimum Gasteiger partial charge on any atom is -0.296 e. The first kappa shape index (κ1) is 14.7. The van der Waals surface area contributed by atoms with Crippen LogP contribution in [0.2, 0.25) is 0 Å². The summed E-state index contributed by atoms with van der Waals surface area (Å²) in [6.07, 6.45) is 2.40. The number of hydrogen-bond donors (Lipinski definition) is 0. The molecule has 0 amide bonds. The molecule has 0 atom stereocenters. The van der Waals surface area contributed by atoms with Crippen LogP contribution in [0.3, 0.4) is 0 Å². The Hall–Kier alpha value is -2.86. The lowest BCUT2D eigenvalue weighted by molar-refractivity contribution is 0.111. The van der Waals surface area contributed by atoms with Crippen LogP contribution in [0, 0.1) is 11.6 Å². The van der Waals surface area contributed by atoms with E-state index in [4.69, 9.17) is 0 Å². The van der Waals surface area contributed by atoms with Crippen LogP contribution < -0.4 is 0 Å². The highest BCUT2D eigenvalue weighted by atomic mass is 32.1. The molecule has 0 aliphatic heterocycles. The Morgan fingerprint density at radius 3 is 2.62 bits per heavy atom. The first-order valence-corrected chi connectivity index (χ1v) is 7.97. The molecule has 0 fully saturated rings. The lowest BCUT2D eigenvalue weighted by Gasteiger charge is -2.01. The van der Waals surface area contributed by atoms with Gasteiger partial charge in [0.15, 0.2) is 11.2 Å². The van der Waals surface area contributed by atoms with E-state index in [9.17, 15) is 13.6 Å². The molecule has 4 aromatic rings. The molecule has 2 heterocycles. The average molecular weight is 340 g/mol. The van der Waals surface area contributed by atoms with E-state index in [-0.39, 0.29) is 17.0 Å². The maximum absolute atomic E-state index is 14.0. The molecule has 0 aliphatic rings. The molecule has 0 saturated heterocycles. The van der Waals surface area contributed by atoms with E-state index in [1.165, 1.54) is 11.3 Å². The number of aromatic nitrogens is 2. The monoisotopic (exact) mass is 340 g/mol. The zero-order valence-electron chi connectivity index (χ0n) is 12.2. The zero-order valence-corrected chi connectivity index (χ0v) is 13.1. The number of halogens is 2. The first-order valence-electron chi connectivity index (χ1n) is 7.15. The molecule has 6 heteroatoms. The van der Waals surface area contributed by atoms with Crippen LogP contribution in [-0.4, -0.2) is 15.7 Å². The standard InChI is InChI=1S/C18H10F2N2OS/c19-12-6-7-14(20)13(8-12)17-15(10-23)22-9-16(24-18(22)21-17)11-4-2-1-3-5-11/h1-10H. The number of thiazole rings is 1. The van der Waals surface area contributed by atoms with Gasteiger partial charge in [0, 0.05) is 11.8 Å². The van der Waals surface area contributed by atoms with Gasteiger partial charge in [0.25, 0.3) is 0 Å². The number of fused-ring (bicyclic) bond motifs is 1. The highest BCUT2D eigenvalue weighted by Crippen LogP contribution is 2.33. The van der Waals surface area contributed by atoms with Crippen LogP contribution in [-0.2, 0) is 0 Å². The van der Waals surface area contributed by atoms with Crippen molar-refractivity contribution >= 4 is 22.6 Å². The van der Waals surface area contributed by atoms with Gasteiger partial charge >= 0.3 is 0 Å². The summed E-state index contributed by atoms with van der Waals surface area (Å²) in [5.74, 6) is -1.20. The first-order chi connectivity index (χ1) is 11.7. The predicted molar refractivity (Wildman–Crippen MR) is 89.2 cm³/mol. The maximum Gasteiger partial charge on any atom is 0.195 e. The Bertz CT molecular complexity index is 1050. The lowest BCUT2D eigenvalue weighted by Crippen LogP contribution is -1.93. The summed E-state index contributed by atoms with van der Waals surface area (Å²) in [5, 5.41) is 0. The fraction of sp³-hybridized carbons (Fsp3) is 0. The third-order valence-electron chi connectivity index (χ3n) is 3.72. The summed E-state index contributed by atoms with van der Waals surface area (Å²) in [4.78, 5) is 17.4. The Balaban J connectivity index is 1.91. The topological polar surface area (TPSA) is 34.4 Å². The number of benzene rings is 2. The summed E-state index contributed by atoms with van der Waals surface area (Å²) in [6, 6.07) is 12.8. The largest absolute Gasteiger partial charge is 0.296 e. The van der Waals surface area contributed by atoms with E-state index in [0.717, 1.165) is 28.6 Å². The third kappa shape index (κ3) is 2.32. The Labute approximate surface area is 139 Å². The molecular weight excluding hydrogens is 330 g/mol. The Kier molecular flexibility index (Phi) is 3.46. The van der Waals surface area contributed by atoms with E-state index >= 15 is 0 Å². The lowest BCUT2D eigenvalue weighted by atomic mass is 10.1. The number of nitrogens with zero attached hydrogens (tertiary/aromatic N) is 2. The molecular formula is C18H10F2N2OS. The molecule has 24 heavy (non-hydrogen) atoms. The van der Waals surface area contributed by atoms with Crippen molar-refractivity contribution in [1.29, 1.82) is 0 Å². The molecule has 0 spiro atoms. The van der Waals surface area contributed by atoms with Gasteiger partial charge in [-0.05, 0) is 23.8 Å². The molecule has 0 bridgehead atoms. The normalized spacial score (nSPS) is 11.1. The predicted octanol–water partition coefficient (Wildman–Crippen LogP) is 4.82. The van der Waals surface area contributed by atoms with Crippen molar-refractivity contribution in [2.45, 2.75) is 0 Å². The molecule has 3 nitrogen and oxygen atoms in total. The van der Waals surface area contributed by atoms with Crippen LogP contribution in [0.1, 0.15) is 10.5 Å². The quantitative estimate of drug-likeness (QED) is 0.501. The van der Waals surface area contributed by atoms with Crippen LogP contribution in [0.4, 0.5) is 8.78 Å². The molecule has 0 saturated carbocycles. The number of aldehydes is 1. The van der Waals surface area contributed by atoms with Gasteiger partial charge in [-0.1, -0.05) is 41.7 Å². The van der Waals surface area contributed by atoms with E-state index in [1.54, 1.807) is 10.6 Å². The van der Waals surface area contributed by atoms with Gasteiger partial charge in [-0.2, -0.15) is 0 Å². The highest BCUT2D eigenvalue weighted by molar-refractivity contribution is 7.20. The minimum atomic E-state index is -0.617. The third-order valence-corrected chi connectivity index (χ3v) is 4.75. The van der Waals surface area contributed by atoms with Crippen molar-refractivity contribution in [3.63, 3.8) is 0 Å². The summed E-state index contributed by atoms with van der Waals surface area (Å²) in [6.45, 7) is 0. The fourth-order valence-electron chi connectivity index (χ4n) is 2.59. The molecule has 2 aromatic heterocycles. The smallest absolute Gasteiger partial charge is 0.195 e. The summed E-state index contributed by atoms with van der Waals surface area (Å²) in [7, 11) is 0. The van der Waals surface area contributed by atoms with Crippen molar-refractivity contribution in [3.8, 4) is 21.7 Å². The number of carbonyl (C=O) groups is 1. The van der Waals surface area contributed by atoms with E-state index in [1.807, 2.05) is 30.3 Å². The SMILES string of the molecule is O=Cc1c(-c2cc(F)ccc2F)nc2sc(-c3ccccc3)cn12. The molecule has 118 valence electrons. The van der Waals surface area contributed by atoms with Crippen LogP contribution in [0.15, 0.2) is 54.7 Å². The van der Waals surface area contributed by atoms with Gasteiger partial charge in [-0.15, -0.1) is 0 Å². The zero-order chi connectivity index (χ0) is 16.7. The van der Waals surface area contributed by atoms with Gasteiger partial charge < -0.3 is 0 Å². The van der Waals surface area contributed by atoms with Crippen LogP contribution >= 0.6 is 11.3 Å². The maximum atomic E-state index is 14.0. The van der Waals surface area contributed by atoms with Gasteiger partial charge in [0.1, 0.15) is 23.0 Å². The van der Waals surface area contributed by atoms with Gasteiger partial charge in [-0.3, -0.25) is 9.20 Å². The second-order valence-electron chi connectivity index (χ2n) is 5.20. The molecule has 4 rings (SSSR count). The Morgan fingerprint density at radius 2 is 1.88 bits per heavy atom. The second-order valence-corrected chi connectivity index (χ2v) is 6.21. The average Bonchev–Trinajstić information content (AvgIpc) is 3.15. The van der Waals surface area contributed by atoms with Crippen molar-refractivity contribution in [1.82, 2.24) is 9.38 Å². The molecule has 0 N–H and O–H groups in total. The van der Waals surface area contributed by atoms with Crippen molar-refractivity contribution < 1.29 is 13.6 Å². The molecule has 0 aliphatic carbocycles. The second kappa shape index (κ2) is 5.65. The fourth-order valence-corrected chi connectivity index (χ4v) is 3.58. The highest BCUT2D eigenvalue weighted by Gasteiger charge is 2.19. The van der Waals surface area contributed by atoms with Crippen molar-refractivity contribution in [3.05, 3.63) is 72.1 Å². The molecule has 0 unspecified atom stereocenters. The van der Waals surface area contributed by atoms with Gasteiger partial charge in [-0.25, -0.2) is 13.8 Å². The van der Waals surface area contributed by atoms with Crippen molar-refractivity contribution in [2.75, 3.05) is 0 Å². The number of carbonyl (C=O) groups excluding carboxylic acids is 1. The number of imidazole rings is 1. The molecule has 2 aromatic carbocycles.